The van der Waals surface area contributed by atoms with Crippen molar-refractivity contribution < 1.29 is 14.6 Å². The van der Waals surface area contributed by atoms with Gasteiger partial charge in [-0.2, -0.15) is 0 Å². The summed E-state index contributed by atoms with van der Waals surface area (Å²) in [6.07, 6.45) is 1.16. The number of thiocarbonyl (C=S) groups is 1. The minimum Gasteiger partial charge on any atom is -0.508 e. The number of hydrogen-bond donors (Lipinski definition) is 2. The van der Waals surface area contributed by atoms with Crippen LogP contribution < -0.4 is 5.32 Å². The fourth-order valence-corrected chi connectivity index (χ4v) is 4.09. The fraction of sp³-hybridized carbons (Fsp3) is 0.500. The lowest BCUT2D eigenvalue weighted by Gasteiger charge is -2.48. The van der Waals surface area contributed by atoms with E-state index < -0.39 is 11.8 Å². The van der Waals surface area contributed by atoms with Gasteiger partial charge in [0.1, 0.15) is 11.8 Å². The van der Waals surface area contributed by atoms with Crippen LogP contribution in [-0.2, 0) is 16.0 Å². The van der Waals surface area contributed by atoms with E-state index in [0.29, 0.717) is 18.0 Å². The Hall–Kier alpha value is -1.82. The number of phenolic OH excluding ortho intramolecular Hbond substituents is 1. The Balaban J connectivity index is 1.88. The normalized spacial score (nSPS) is 29.8. The highest BCUT2D eigenvalue weighted by molar-refractivity contribution is 7.80. The summed E-state index contributed by atoms with van der Waals surface area (Å²) in [4.78, 5) is 14.3. The number of ether oxygens (including phenoxy) is 1. The molecular formula is C16H20N2O3S. The lowest BCUT2D eigenvalue weighted by atomic mass is 9.89. The smallest absolute Gasteiger partial charge is 0.331 e. The molecule has 2 heterocycles. The maximum absolute atomic E-state index is 12.4. The van der Waals surface area contributed by atoms with Gasteiger partial charge in [-0.25, -0.2) is 4.79 Å². The van der Waals surface area contributed by atoms with Crippen molar-refractivity contribution in [2.24, 2.45) is 0 Å². The lowest BCUT2D eigenvalue weighted by Crippen LogP contribution is -2.66. The van der Waals surface area contributed by atoms with E-state index in [1.165, 1.54) is 0 Å². The molecule has 1 aromatic carbocycles. The summed E-state index contributed by atoms with van der Waals surface area (Å²) in [6.45, 7) is 6.00. The molecule has 0 amide bonds. The number of carbonyl (C=O) groups is 1. The minimum atomic E-state index is -0.704. The van der Waals surface area contributed by atoms with Crippen molar-refractivity contribution in [2.75, 3.05) is 0 Å². The summed E-state index contributed by atoms with van der Waals surface area (Å²) in [5.74, 6) is -0.0445. The third-order valence-corrected chi connectivity index (χ3v) is 4.51. The molecule has 118 valence electrons. The standard InChI is InChI=1S/C16H20N2O3S/c1-15(2)9-16(3)18(14(22)17-15)12(13(20)21-16)8-10-4-6-11(19)7-5-10/h4-7,12,19H,8-9H2,1-3H3,(H,17,22)/t12-,16+/m1/s1. The molecular weight excluding hydrogens is 300 g/mol. The molecule has 0 spiro atoms. The number of benzene rings is 1. The van der Waals surface area contributed by atoms with Crippen molar-refractivity contribution in [1.29, 1.82) is 0 Å². The van der Waals surface area contributed by atoms with Crippen molar-refractivity contribution in [2.45, 2.75) is 50.9 Å². The van der Waals surface area contributed by atoms with Crippen LogP contribution in [0.3, 0.4) is 0 Å². The summed E-state index contributed by atoms with van der Waals surface area (Å²) in [5.41, 5.74) is 0.0391. The number of carbonyl (C=O) groups excluding carboxylic acids is 1. The molecule has 2 fully saturated rings. The molecule has 0 unspecified atom stereocenters. The van der Waals surface area contributed by atoms with Crippen molar-refractivity contribution in [3.05, 3.63) is 29.8 Å². The third-order valence-electron chi connectivity index (χ3n) is 4.21. The highest BCUT2D eigenvalue weighted by Crippen LogP contribution is 2.40. The molecule has 0 radical (unpaired) electrons. The number of fused-ring (bicyclic) bond motifs is 1. The van der Waals surface area contributed by atoms with Gasteiger partial charge in [0.15, 0.2) is 10.8 Å². The highest BCUT2D eigenvalue weighted by Gasteiger charge is 2.56. The summed E-state index contributed by atoms with van der Waals surface area (Å²) < 4.78 is 5.68. The van der Waals surface area contributed by atoms with Crippen LogP contribution in [-0.4, -0.2) is 38.4 Å². The molecule has 5 nitrogen and oxygen atoms in total. The van der Waals surface area contributed by atoms with Crippen LogP contribution in [0.5, 0.6) is 5.75 Å². The number of nitrogens with one attached hydrogen (secondary N) is 1. The van der Waals surface area contributed by atoms with E-state index in [2.05, 4.69) is 5.32 Å². The third kappa shape index (κ3) is 2.52. The van der Waals surface area contributed by atoms with E-state index in [1.807, 2.05) is 37.8 Å². The van der Waals surface area contributed by atoms with Crippen LogP contribution in [0.25, 0.3) is 0 Å². The molecule has 0 saturated carbocycles. The second kappa shape index (κ2) is 4.84. The Kier molecular flexibility index (Phi) is 3.32. The first kappa shape index (κ1) is 15.1. The number of rotatable bonds is 2. The number of esters is 1. The maximum atomic E-state index is 12.4. The molecule has 0 aliphatic carbocycles. The zero-order chi connectivity index (χ0) is 16.1. The van der Waals surface area contributed by atoms with Crippen LogP contribution >= 0.6 is 12.2 Å². The molecule has 2 saturated heterocycles. The molecule has 0 bridgehead atoms. The Morgan fingerprint density at radius 3 is 2.64 bits per heavy atom. The Morgan fingerprint density at radius 1 is 1.36 bits per heavy atom. The zero-order valence-corrected chi connectivity index (χ0v) is 13.7. The molecule has 3 rings (SSSR count). The SMILES string of the molecule is CC1(C)C[C@]2(C)OC(=O)[C@@H](Cc3ccc(O)cc3)N2C(=S)N1. The first-order chi connectivity index (χ1) is 10.2. The van der Waals surface area contributed by atoms with Crippen LogP contribution in [0.15, 0.2) is 24.3 Å². The Bertz CT molecular complexity index is 629. The van der Waals surface area contributed by atoms with Gasteiger partial charge in [0, 0.05) is 18.4 Å². The summed E-state index contributed by atoms with van der Waals surface area (Å²) in [7, 11) is 0. The second-order valence-electron chi connectivity index (χ2n) is 6.84. The summed E-state index contributed by atoms with van der Waals surface area (Å²) in [5, 5.41) is 13.2. The predicted octanol–water partition coefficient (Wildman–Crippen LogP) is 1.94. The first-order valence-corrected chi connectivity index (χ1v) is 7.73. The van der Waals surface area contributed by atoms with Gasteiger partial charge in [0.05, 0.1) is 0 Å². The number of phenols is 1. The van der Waals surface area contributed by atoms with Gasteiger partial charge < -0.3 is 15.2 Å². The maximum Gasteiger partial charge on any atom is 0.331 e. The van der Waals surface area contributed by atoms with Crippen LogP contribution in [0.2, 0.25) is 0 Å². The molecule has 22 heavy (non-hydrogen) atoms. The summed E-state index contributed by atoms with van der Waals surface area (Å²) in [6, 6.07) is 6.41. The quantitative estimate of drug-likeness (QED) is 0.641. The van der Waals surface area contributed by atoms with Crippen molar-refractivity contribution in [3.8, 4) is 5.75 Å². The van der Waals surface area contributed by atoms with Gasteiger partial charge in [0.2, 0.25) is 0 Å². The topological polar surface area (TPSA) is 61.8 Å². The summed E-state index contributed by atoms with van der Waals surface area (Å²) >= 11 is 5.47. The predicted molar refractivity (Wildman–Crippen MR) is 86.4 cm³/mol. The van der Waals surface area contributed by atoms with E-state index in [4.69, 9.17) is 17.0 Å². The lowest BCUT2D eigenvalue weighted by molar-refractivity contribution is -0.153. The van der Waals surface area contributed by atoms with Crippen molar-refractivity contribution in [1.82, 2.24) is 10.2 Å². The van der Waals surface area contributed by atoms with Gasteiger partial charge in [-0.15, -0.1) is 0 Å². The zero-order valence-electron chi connectivity index (χ0n) is 12.9. The van der Waals surface area contributed by atoms with E-state index in [1.54, 1.807) is 12.1 Å². The molecule has 2 N–H and O–H groups in total. The van der Waals surface area contributed by atoms with E-state index >= 15 is 0 Å². The molecule has 2 aliphatic heterocycles. The van der Waals surface area contributed by atoms with Gasteiger partial charge in [-0.3, -0.25) is 4.90 Å². The largest absolute Gasteiger partial charge is 0.508 e. The number of nitrogens with zero attached hydrogens (tertiary/aromatic N) is 1. The van der Waals surface area contributed by atoms with Gasteiger partial charge in [0.25, 0.3) is 0 Å². The van der Waals surface area contributed by atoms with Gasteiger partial charge in [-0.1, -0.05) is 12.1 Å². The first-order valence-electron chi connectivity index (χ1n) is 7.32. The molecule has 1 aromatic rings. The van der Waals surface area contributed by atoms with Gasteiger partial charge >= 0.3 is 5.97 Å². The number of hydrogen-bond acceptors (Lipinski definition) is 4. The average molecular weight is 320 g/mol. The van der Waals surface area contributed by atoms with Gasteiger partial charge in [-0.05, 0) is 50.7 Å². The van der Waals surface area contributed by atoms with E-state index in [-0.39, 0.29) is 17.3 Å². The number of aromatic hydroxyl groups is 1. The molecule has 2 aliphatic rings. The highest BCUT2D eigenvalue weighted by atomic mass is 32.1. The van der Waals surface area contributed by atoms with Crippen LogP contribution in [0.1, 0.15) is 32.8 Å². The van der Waals surface area contributed by atoms with E-state index in [0.717, 1.165) is 5.56 Å². The van der Waals surface area contributed by atoms with Crippen molar-refractivity contribution >= 4 is 23.3 Å². The molecule has 6 heteroatoms. The fourth-order valence-electron chi connectivity index (χ4n) is 3.49. The Labute approximate surface area is 135 Å². The van der Waals surface area contributed by atoms with Crippen LogP contribution in [0.4, 0.5) is 0 Å². The van der Waals surface area contributed by atoms with E-state index in [9.17, 15) is 9.90 Å². The minimum absolute atomic E-state index is 0.208. The second-order valence-corrected chi connectivity index (χ2v) is 7.23. The molecule has 2 atom stereocenters. The van der Waals surface area contributed by atoms with Crippen molar-refractivity contribution in [3.63, 3.8) is 0 Å². The average Bonchev–Trinajstić information content (AvgIpc) is 2.61. The monoisotopic (exact) mass is 320 g/mol. The molecule has 0 aromatic heterocycles. The van der Waals surface area contributed by atoms with Crippen LogP contribution in [0, 0.1) is 0 Å². The Morgan fingerprint density at radius 2 is 2.00 bits per heavy atom.